The predicted octanol–water partition coefficient (Wildman–Crippen LogP) is 2.22. The van der Waals surface area contributed by atoms with E-state index in [1.807, 2.05) is 0 Å². The van der Waals surface area contributed by atoms with Gasteiger partial charge in [0, 0.05) is 6.07 Å². The lowest BCUT2D eigenvalue weighted by Gasteiger charge is -2.10. The largest absolute Gasteiger partial charge is 0.478 e. The van der Waals surface area contributed by atoms with Crippen molar-refractivity contribution in [1.82, 2.24) is 0 Å². The highest BCUT2D eigenvalue weighted by Crippen LogP contribution is 2.34. The second-order valence-corrected chi connectivity index (χ2v) is 6.64. The number of aromatic carboxylic acids is 1. The molecule has 0 amide bonds. The van der Waals surface area contributed by atoms with Crippen LogP contribution in [0.15, 0.2) is 41.3 Å². The van der Waals surface area contributed by atoms with E-state index in [4.69, 9.17) is 14.6 Å². The summed E-state index contributed by atoms with van der Waals surface area (Å²) in [5.41, 5.74) is 0.727. The fourth-order valence-corrected chi connectivity index (χ4v) is 3.25. The van der Waals surface area contributed by atoms with E-state index < -0.39 is 16.0 Å². The van der Waals surface area contributed by atoms with Crippen LogP contribution >= 0.6 is 0 Å². The van der Waals surface area contributed by atoms with Gasteiger partial charge < -0.3 is 14.6 Å². The van der Waals surface area contributed by atoms with Gasteiger partial charge in [0.05, 0.1) is 16.1 Å². The molecule has 1 heterocycles. The van der Waals surface area contributed by atoms with Crippen molar-refractivity contribution in [3.05, 3.63) is 47.5 Å². The number of carbonyl (C=O) groups is 1. The van der Waals surface area contributed by atoms with Gasteiger partial charge in [0.25, 0.3) is 10.0 Å². The second-order valence-electron chi connectivity index (χ2n) is 4.96. The molecule has 2 N–H and O–H groups in total. The van der Waals surface area contributed by atoms with E-state index in [-0.39, 0.29) is 17.3 Å². The normalized spacial score (nSPS) is 12.9. The lowest BCUT2D eigenvalue weighted by atomic mass is 10.1. The summed E-state index contributed by atoms with van der Waals surface area (Å²) in [6.45, 7) is 1.69. The minimum absolute atomic E-state index is 0.0569. The van der Waals surface area contributed by atoms with Crippen molar-refractivity contribution in [2.45, 2.75) is 11.8 Å². The molecule has 23 heavy (non-hydrogen) atoms. The Bertz CT molecular complexity index is 891. The van der Waals surface area contributed by atoms with Gasteiger partial charge in [0.15, 0.2) is 11.5 Å². The smallest absolute Gasteiger partial charge is 0.335 e. The number of sulfonamides is 1. The highest BCUT2D eigenvalue weighted by Gasteiger charge is 2.20. The Labute approximate surface area is 132 Å². The lowest BCUT2D eigenvalue weighted by Crippen LogP contribution is -2.14. The van der Waals surface area contributed by atoms with Gasteiger partial charge in [-0.25, -0.2) is 13.2 Å². The van der Waals surface area contributed by atoms with E-state index in [0.717, 1.165) is 6.07 Å². The van der Waals surface area contributed by atoms with Gasteiger partial charge in [-0.05, 0) is 36.8 Å². The molecule has 0 unspecified atom stereocenters. The molecule has 0 aromatic heterocycles. The van der Waals surface area contributed by atoms with Crippen LogP contribution in [0, 0.1) is 6.92 Å². The molecule has 0 atom stereocenters. The van der Waals surface area contributed by atoms with Crippen LogP contribution < -0.4 is 14.2 Å². The third kappa shape index (κ3) is 2.93. The molecule has 8 heteroatoms. The van der Waals surface area contributed by atoms with Crippen molar-refractivity contribution in [2.75, 3.05) is 11.5 Å². The molecule has 1 aliphatic heterocycles. The highest BCUT2D eigenvalue weighted by atomic mass is 32.2. The minimum Gasteiger partial charge on any atom is -0.478 e. The van der Waals surface area contributed by atoms with Crippen LogP contribution in [0.5, 0.6) is 11.5 Å². The molecule has 120 valence electrons. The lowest BCUT2D eigenvalue weighted by molar-refractivity contribution is 0.0696. The standard InChI is InChI=1S/C15H13NO6S/c1-9-2-4-11(7-12(9)15(17)18)23(19,20)16-10-3-5-13-14(6-10)22-8-21-13/h2-7,16H,8H2,1H3,(H,17,18). The maximum absolute atomic E-state index is 12.4. The zero-order chi connectivity index (χ0) is 16.6. The quantitative estimate of drug-likeness (QED) is 0.888. The summed E-state index contributed by atoms with van der Waals surface area (Å²) in [6.07, 6.45) is 0. The molecule has 7 nitrogen and oxygen atoms in total. The van der Waals surface area contributed by atoms with Gasteiger partial charge in [-0.1, -0.05) is 6.07 Å². The number of ether oxygens (including phenoxy) is 2. The molecular formula is C15H13NO6S. The second kappa shape index (κ2) is 5.47. The van der Waals surface area contributed by atoms with Gasteiger partial charge in [-0.15, -0.1) is 0 Å². The molecule has 2 aromatic carbocycles. The Balaban J connectivity index is 1.93. The van der Waals surface area contributed by atoms with E-state index in [2.05, 4.69) is 4.72 Å². The van der Waals surface area contributed by atoms with Gasteiger partial charge in [-0.2, -0.15) is 0 Å². The minimum atomic E-state index is -3.91. The monoisotopic (exact) mass is 335 g/mol. The van der Waals surface area contributed by atoms with Gasteiger partial charge in [-0.3, -0.25) is 4.72 Å². The first-order chi connectivity index (χ1) is 10.9. The summed E-state index contributed by atoms with van der Waals surface area (Å²) < 4.78 is 37.6. The van der Waals surface area contributed by atoms with Crippen molar-refractivity contribution in [2.24, 2.45) is 0 Å². The molecule has 0 radical (unpaired) electrons. The third-order valence-electron chi connectivity index (χ3n) is 3.37. The predicted molar refractivity (Wildman–Crippen MR) is 81.5 cm³/mol. The molecule has 1 aliphatic rings. The van der Waals surface area contributed by atoms with Crippen LogP contribution in [0.25, 0.3) is 0 Å². The van der Waals surface area contributed by atoms with E-state index in [1.54, 1.807) is 13.0 Å². The van der Waals surface area contributed by atoms with Crippen LogP contribution in [0.3, 0.4) is 0 Å². The fraction of sp³-hybridized carbons (Fsp3) is 0.133. The van der Waals surface area contributed by atoms with Gasteiger partial charge in [0.1, 0.15) is 0 Å². The summed E-state index contributed by atoms with van der Waals surface area (Å²) in [5.74, 6) is -0.195. The third-order valence-corrected chi connectivity index (χ3v) is 4.75. The van der Waals surface area contributed by atoms with Gasteiger partial charge >= 0.3 is 5.97 Å². The molecule has 0 bridgehead atoms. The average Bonchev–Trinajstić information content (AvgIpc) is 2.94. The summed E-state index contributed by atoms with van der Waals surface area (Å²) in [4.78, 5) is 11.0. The van der Waals surface area contributed by atoms with Crippen LogP contribution in [-0.4, -0.2) is 26.3 Å². The highest BCUT2D eigenvalue weighted by molar-refractivity contribution is 7.92. The van der Waals surface area contributed by atoms with Crippen LogP contribution in [0.2, 0.25) is 0 Å². The van der Waals surface area contributed by atoms with E-state index in [0.29, 0.717) is 22.7 Å². The number of aryl methyl sites for hydroxylation is 1. The van der Waals surface area contributed by atoms with Crippen LogP contribution in [0.4, 0.5) is 5.69 Å². The Morgan fingerprint density at radius 1 is 1.13 bits per heavy atom. The van der Waals surface area contributed by atoms with Crippen molar-refractivity contribution < 1.29 is 27.8 Å². The summed E-state index contributed by atoms with van der Waals surface area (Å²) in [7, 11) is -3.91. The van der Waals surface area contributed by atoms with Gasteiger partial charge in [0.2, 0.25) is 6.79 Å². The summed E-state index contributed by atoms with van der Waals surface area (Å²) in [5, 5.41) is 9.11. The summed E-state index contributed by atoms with van der Waals surface area (Å²) >= 11 is 0. The molecule has 0 saturated heterocycles. The van der Waals surface area contributed by atoms with Crippen molar-refractivity contribution in [1.29, 1.82) is 0 Å². The van der Waals surface area contributed by atoms with Crippen molar-refractivity contribution in [3.63, 3.8) is 0 Å². The topological polar surface area (TPSA) is 102 Å². The average molecular weight is 335 g/mol. The number of hydrogen-bond donors (Lipinski definition) is 2. The maximum atomic E-state index is 12.4. The number of anilines is 1. The Hall–Kier alpha value is -2.74. The molecule has 2 aromatic rings. The molecule has 0 fully saturated rings. The number of carboxylic acid groups (broad SMARTS) is 1. The maximum Gasteiger partial charge on any atom is 0.335 e. The number of rotatable bonds is 4. The number of fused-ring (bicyclic) bond motifs is 1. The zero-order valence-electron chi connectivity index (χ0n) is 12.1. The Morgan fingerprint density at radius 3 is 2.61 bits per heavy atom. The number of hydrogen-bond acceptors (Lipinski definition) is 5. The molecular weight excluding hydrogens is 322 g/mol. The molecule has 3 rings (SSSR count). The first-order valence-electron chi connectivity index (χ1n) is 6.63. The van der Waals surface area contributed by atoms with Crippen molar-refractivity contribution in [3.8, 4) is 11.5 Å². The number of carboxylic acids is 1. The number of nitrogens with one attached hydrogen (secondary N) is 1. The Morgan fingerprint density at radius 2 is 1.87 bits per heavy atom. The van der Waals surface area contributed by atoms with Crippen LogP contribution in [-0.2, 0) is 10.0 Å². The molecule has 0 saturated carbocycles. The Kier molecular flexibility index (Phi) is 3.61. The SMILES string of the molecule is Cc1ccc(S(=O)(=O)Nc2ccc3c(c2)OCO3)cc1C(=O)O. The fourth-order valence-electron chi connectivity index (χ4n) is 2.17. The van der Waals surface area contributed by atoms with E-state index >= 15 is 0 Å². The molecule has 0 spiro atoms. The van der Waals surface area contributed by atoms with E-state index in [9.17, 15) is 13.2 Å². The first-order valence-corrected chi connectivity index (χ1v) is 8.11. The summed E-state index contributed by atoms with van der Waals surface area (Å²) in [6, 6.07) is 8.59. The first kappa shape index (κ1) is 15.2. The van der Waals surface area contributed by atoms with E-state index in [1.165, 1.54) is 24.3 Å². The number of benzene rings is 2. The van der Waals surface area contributed by atoms with Crippen molar-refractivity contribution >= 4 is 21.7 Å². The van der Waals surface area contributed by atoms with Crippen LogP contribution in [0.1, 0.15) is 15.9 Å². The molecule has 0 aliphatic carbocycles. The zero-order valence-corrected chi connectivity index (χ0v) is 12.9.